The van der Waals surface area contributed by atoms with Gasteiger partial charge in [0.15, 0.2) is 8.32 Å². The summed E-state index contributed by atoms with van der Waals surface area (Å²) in [6.07, 6.45) is 5.00. The van der Waals surface area contributed by atoms with Gasteiger partial charge < -0.3 is 19.2 Å². The number of pyridine rings is 1. The van der Waals surface area contributed by atoms with Gasteiger partial charge in [-0.15, -0.1) is 0 Å². The van der Waals surface area contributed by atoms with E-state index >= 15 is 0 Å². The first-order valence-corrected chi connectivity index (χ1v) is 20.3. The second kappa shape index (κ2) is 14.8. The molecule has 2 amide bonds. The van der Waals surface area contributed by atoms with Crippen LogP contribution in [-0.2, 0) is 27.7 Å². The van der Waals surface area contributed by atoms with Crippen LogP contribution in [0.1, 0.15) is 107 Å². The summed E-state index contributed by atoms with van der Waals surface area (Å²) in [6.45, 7) is 20.7. The summed E-state index contributed by atoms with van der Waals surface area (Å²) < 4.78 is 13.2. The van der Waals surface area contributed by atoms with Crippen molar-refractivity contribution in [1.82, 2.24) is 14.8 Å². The summed E-state index contributed by atoms with van der Waals surface area (Å²) in [7, 11) is -0.454. The maximum absolute atomic E-state index is 14.0. The Morgan fingerprint density at radius 3 is 2.14 bits per heavy atom. The van der Waals surface area contributed by atoms with E-state index in [4.69, 9.17) is 9.16 Å². The number of hydrogen-bond donors (Lipinski definition) is 1. The van der Waals surface area contributed by atoms with Crippen molar-refractivity contribution in [2.75, 3.05) is 7.05 Å². The van der Waals surface area contributed by atoms with Crippen LogP contribution in [0.5, 0.6) is 0 Å². The third-order valence-electron chi connectivity index (χ3n) is 9.80. The Morgan fingerprint density at radius 2 is 1.57 bits per heavy atom. The van der Waals surface area contributed by atoms with Gasteiger partial charge in [-0.25, -0.2) is 4.79 Å². The fourth-order valence-electron chi connectivity index (χ4n) is 6.04. The van der Waals surface area contributed by atoms with E-state index in [0.29, 0.717) is 24.1 Å². The molecule has 2 aromatic carbocycles. The van der Waals surface area contributed by atoms with Crippen molar-refractivity contribution in [3.05, 3.63) is 101 Å². The average Bonchev–Trinajstić information content (AvgIpc) is 3.42. The van der Waals surface area contributed by atoms with E-state index in [-0.39, 0.29) is 35.2 Å². The van der Waals surface area contributed by atoms with Crippen LogP contribution in [0.2, 0.25) is 18.1 Å². The SMILES string of the molecule is CN(Cc1cncc(C(C)(C)O)c1)C(=O)c1ccc(C[C@@H]2CC[C@H]([C@H](O[Si](C)(C)C(C)(C)C)c3ccccc3)N2C(=O)OC(C)(C)C)cc1. The lowest BCUT2D eigenvalue weighted by molar-refractivity contribution is -0.00239. The Morgan fingerprint density at radius 1 is 0.939 bits per heavy atom. The Hall–Kier alpha value is -3.53. The Labute approximate surface area is 295 Å². The summed E-state index contributed by atoms with van der Waals surface area (Å²) in [6, 6.07) is 19.6. The van der Waals surface area contributed by atoms with Gasteiger partial charge in [0.2, 0.25) is 0 Å². The monoisotopic (exact) mass is 687 g/mol. The molecule has 1 saturated heterocycles. The second-order valence-electron chi connectivity index (χ2n) is 16.6. The first kappa shape index (κ1) is 38.3. The van der Waals surface area contributed by atoms with Gasteiger partial charge in [-0.3, -0.25) is 14.7 Å². The molecule has 1 aliphatic heterocycles. The predicted molar refractivity (Wildman–Crippen MR) is 198 cm³/mol. The minimum Gasteiger partial charge on any atom is -0.444 e. The maximum Gasteiger partial charge on any atom is 0.410 e. The molecule has 3 atom stereocenters. The highest BCUT2D eigenvalue weighted by atomic mass is 28.4. The van der Waals surface area contributed by atoms with Crippen molar-refractivity contribution in [3.63, 3.8) is 0 Å². The molecule has 2 heterocycles. The molecule has 1 N–H and O–H groups in total. The lowest BCUT2D eigenvalue weighted by atomic mass is 9.99. The van der Waals surface area contributed by atoms with Crippen LogP contribution in [0, 0.1) is 0 Å². The van der Waals surface area contributed by atoms with Crippen LogP contribution < -0.4 is 0 Å². The molecule has 0 aliphatic carbocycles. The highest BCUT2D eigenvalue weighted by molar-refractivity contribution is 6.74. The number of aliphatic hydroxyl groups is 1. The lowest BCUT2D eigenvalue weighted by Crippen LogP contribution is -2.50. The molecule has 266 valence electrons. The van der Waals surface area contributed by atoms with Gasteiger partial charge in [-0.1, -0.05) is 63.2 Å². The zero-order chi connectivity index (χ0) is 36.4. The maximum atomic E-state index is 14.0. The molecule has 3 aromatic rings. The summed E-state index contributed by atoms with van der Waals surface area (Å²) in [5.74, 6) is -0.106. The van der Waals surface area contributed by atoms with Gasteiger partial charge in [0.05, 0.1) is 17.7 Å². The van der Waals surface area contributed by atoms with Gasteiger partial charge in [0, 0.05) is 43.2 Å². The minimum atomic E-state index is -2.22. The van der Waals surface area contributed by atoms with Crippen molar-refractivity contribution in [1.29, 1.82) is 0 Å². The highest BCUT2D eigenvalue weighted by Gasteiger charge is 2.47. The van der Waals surface area contributed by atoms with Gasteiger partial charge in [0.1, 0.15) is 5.60 Å². The van der Waals surface area contributed by atoms with Crippen molar-refractivity contribution < 1.29 is 23.9 Å². The van der Waals surface area contributed by atoms with Crippen LogP contribution in [0.15, 0.2) is 73.1 Å². The Kier molecular flexibility index (Phi) is 11.5. The molecule has 1 aromatic heterocycles. The average molecular weight is 688 g/mol. The molecule has 0 radical (unpaired) electrons. The van der Waals surface area contributed by atoms with Gasteiger partial charge in [-0.05, 0) is 107 Å². The molecule has 1 fully saturated rings. The van der Waals surface area contributed by atoms with E-state index in [1.807, 2.05) is 74.2 Å². The van der Waals surface area contributed by atoms with Crippen LogP contribution >= 0.6 is 0 Å². The van der Waals surface area contributed by atoms with Crippen LogP contribution in [0.4, 0.5) is 4.79 Å². The summed E-state index contributed by atoms with van der Waals surface area (Å²) in [4.78, 5) is 35.2. The predicted octanol–water partition coefficient (Wildman–Crippen LogP) is 8.65. The smallest absolute Gasteiger partial charge is 0.410 e. The quantitative estimate of drug-likeness (QED) is 0.215. The van der Waals surface area contributed by atoms with Crippen LogP contribution in [0.3, 0.4) is 0 Å². The van der Waals surface area contributed by atoms with Crippen molar-refractivity contribution in [3.8, 4) is 0 Å². The van der Waals surface area contributed by atoms with Gasteiger partial charge >= 0.3 is 6.09 Å². The van der Waals surface area contributed by atoms with Crippen molar-refractivity contribution in [2.24, 2.45) is 0 Å². The molecule has 0 spiro atoms. The second-order valence-corrected chi connectivity index (χ2v) is 21.4. The Balaban J connectivity index is 1.56. The van der Waals surface area contributed by atoms with Crippen LogP contribution in [-0.4, -0.2) is 64.9 Å². The number of likely N-dealkylation sites (tertiary alicyclic amines) is 1. The molecular formula is C40H57N3O5Si. The summed E-state index contributed by atoms with van der Waals surface area (Å²) >= 11 is 0. The van der Waals surface area contributed by atoms with E-state index in [1.54, 1.807) is 38.2 Å². The number of rotatable bonds is 10. The van der Waals surface area contributed by atoms with Gasteiger partial charge in [-0.2, -0.15) is 0 Å². The fourth-order valence-corrected chi connectivity index (χ4v) is 7.33. The van der Waals surface area contributed by atoms with E-state index in [0.717, 1.165) is 29.5 Å². The number of carbonyl (C=O) groups excluding carboxylic acids is 2. The number of ether oxygens (including phenoxy) is 1. The third kappa shape index (κ3) is 9.80. The van der Waals surface area contributed by atoms with E-state index in [9.17, 15) is 14.7 Å². The Bertz CT molecular complexity index is 1570. The fraction of sp³-hybridized carbons (Fsp3) is 0.525. The lowest BCUT2D eigenvalue weighted by Gasteiger charge is -2.43. The van der Waals surface area contributed by atoms with E-state index in [2.05, 4.69) is 51.0 Å². The highest BCUT2D eigenvalue weighted by Crippen LogP contribution is 2.44. The van der Waals surface area contributed by atoms with Crippen LogP contribution in [0.25, 0.3) is 0 Å². The number of nitrogens with zero attached hydrogens (tertiary/aromatic N) is 3. The first-order valence-electron chi connectivity index (χ1n) is 17.4. The molecule has 49 heavy (non-hydrogen) atoms. The van der Waals surface area contributed by atoms with Crippen molar-refractivity contribution in [2.45, 2.75) is 129 Å². The molecule has 4 rings (SSSR count). The van der Waals surface area contributed by atoms with E-state index in [1.165, 1.54) is 0 Å². The largest absolute Gasteiger partial charge is 0.444 e. The first-order chi connectivity index (χ1) is 22.7. The number of carbonyl (C=O) groups is 2. The van der Waals surface area contributed by atoms with E-state index < -0.39 is 19.5 Å². The summed E-state index contributed by atoms with van der Waals surface area (Å²) in [5.41, 5.74) is 2.58. The number of hydrogen-bond acceptors (Lipinski definition) is 6. The molecule has 0 unspecified atom stereocenters. The minimum absolute atomic E-state index is 0.000689. The normalized spacial score (nSPS) is 17.9. The topological polar surface area (TPSA) is 92.2 Å². The number of benzene rings is 2. The van der Waals surface area contributed by atoms with Gasteiger partial charge in [0.25, 0.3) is 5.91 Å². The molecule has 0 saturated carbocycles. The van der Waals surface area contributed by atoms with Crippen molar-refractivity contribution >= 4 is 20.3 Å². The molecule has 8 nitrogen and oxygen atoms in total. The zero-order valence-corrected chi connectivity index (χ0v) is 32.4. The number of amides is 2. The molecule has 0 bridgehead atoms. The molecule has 9 heteroatoms. The molecule has 1 aliphatic rings. The third-order valence-corrected chi connectivity index (χ3v) is 14.3. The summed E-state index contributed by atoms with van der Waals surface area (Å²) in [5, 5.41) is 10.4. The standard InChI is InChI=1S/C40H57N3O5Si/c1-38(2,3)47-37(45)43-33(21-22-34(43)35(30-15-13-12-14-16-30)48-49(10,11)39(4,5)6)24-28-17-19-31(20-18-28)36(44)42(9)27-29-23-32(26-41-25-29)40(7,8)46/h12-20,23,25-26,33-35,46H,21-22,24,27H2,1-11H3/t33-,34+,35+/m0/s1. The zero-order valence-electron chi connectivity index (χ0n) is 31.4. The molecular weight excluding hydrogens is 631 g/mol. The number of aromatic nitrogens is 1.